The molecular weight excluding hydrogens is 477 g/mol. The van der Waals surface area contributed by atoms with E-state index in [1.807, 2.05) is 49.6 Å². The number of aryl methyl sites for hydroxylation is 1. The molecule has 0 unspecified atom stereocenters. The zero-order valence-electron chi connectivity index (χ0n) is 21.2. The lowest BCUT2D eigenvalue weighted by atomic mass is 9.99. The van der Waals surface area contributed by atoms with Crippen LogP contribution >= 0.6 is 0 Å². The van der Waals surface area contributed by atoms with Gasteiger partial charge in [0.25, 0.3) is 5.91 Å². The Morgan fingerprint density at radius 1 is 1.03 bits per heavy atom. The summed E-state index contributed by atoms with van der Waals surface area (Å²) in [5.41, 5.74) is 8.45. The van der Waals surface area contributed by atoms with Gasteiger partial charge in [-0.3, -0.25) is 4.79 Å². The first-order chi connectivity index (χ1) is 17.7. The summed E-state index contributed by atoms with van der Waals surface area (Å²) >= 11 is 0. The molecule has 0 aliphatic rings. The zero-order chi connectivity index (χ0) is 26.7. The standard InChI is InChI=1S/C29H31F3N4O/c1-18(2)27(35(14-6-13-33)29(37)26-22(31)9-5-10-23(26)32)28-34-24-15-19(3)11-12-25(24)36(28)17-20-7-4-8-21(30)16-20/h4-5,7-12,15-16,18,27H,6,13-14,17,33H2,1-3H3/t27-/m1/s1. The lowest BCUT2D eigenvalue weighted by Crippen LogP contribution is -2.41. The van der Waals surface area contributed by atoms with Gasteiger partial charge in [0.1, 0.15) is 28.8 Å². The second-order valence-corrected chi connectivity index (χ2v) is 9.60. The molecule has 1 amide bonds. The summed E-state index contributed by atoms with van der Waals surface area (Å²) < 4.78 is 45.4. The van der Waals surface area contributed by atoms with Crippen LogP contribution in [0.1, 0.15) is 53.6 Å². The SMILES string of the molecule is Cc1ccc2c(c1)nc([C@@H](C(C)C)N(CCCN)C(=O)c1c(F)cccc1F)n2Cc1cccc(F)c1. The van der Waals surface area contributed by atoms with Crippen molar-refractivity contribution in [3.63, 3.8) is 0 Å². The molecule has 5 nitrogen and oxygen atoms in total. The maximum absolute atomic E-state index is 14.7. The highest BCUT2D eigenvalue weighted by Gasteiger charge is 2.34. The Labute approximate surface area is 214 Å². The Kier molecular flexibility index (Phi) is 7.97. The summed E-state index contributed by atoms with van der Waals surface area (Å²) in [4.78, 5) is 20.1. The first kappa shape index (κ1) is 26.4. The number of halogens is 3. The smallest absolute Gasteiger partial charge is 0.260 e. The van der Waals surface area contributed by atoms with Gasteiger partial charge >= 0.3 is 0 Å². The zero-order valence-corrected chi connectivity index (χ0v) is 21.2. The fraction of sp³-hybridized carbons (Fsp3) is 0.310. The van der Waals surface area contributed by atoms with Crippen molar-refractivity contribution in [1.82, 2.24) is 14.5 Å². The van der Waals surface area contributed by atoms with Crippen molar-refractivity contribution < 1.29 is 18.0 Å². The second kappa shape index (κ2) is 11.2. The molecule has 0 saturated heterocycles. The predicted octanol–water partition coefficient (Wildman–Crippen LogP) is 6.00. The van der Waals surface area contributed by atoms with Gasteiger partial charge in [0.2, 0.25) is 0 Å². The van der Waals surface area contributed by atoms with E-state index in [1.54, 1.807) is 6.07 Å². The number of imidazole rings is 1. The summed E-state index contributed by atoms with van der Waals surface area (Å²) in [7, 11) is 0. The quantitative estimate of drug-likeness (QED) is 0.302. The highest BCUT2D eigenvalue weighted by molar-refractivity contribution is 5.95. The molecule has 0 radical (unpaired) electrons. The van der Waals surface area contributed by atoms with Crippen molar-refractivity contribution in [3.8, 4) is 0 Å². The van der Waals surface area contributed by atoms with Crippen molar-refractivity contribution in [3.05, 3.63) is 101 Å². The average Bonchev–Trinajstić information content (AvgIpc) is 3.17. The van der Waals surface area contributed by atoms with Gasteiger partial charge in [-0.2, -0.15) is 0 Å². The minimum Gasteiger partial charge on any atom is -0.330 e. The maximum atomic E-state index is 14.7. The molecule has 4 aromatic rings. The van der Waals surface area contributed by atoms with Gasteiger partial charge < -0.3 is 15.2 Å². The molecule has 194 valence electrons. The fourth-order valence-corrected chi connectivity index (χ4v) is 4.74. The molecule has 0 aliphatic carbocycles. The van der Waals surface area contributed by atoms with Gasteiger partial charge in [0.05, 0.1) is 17.1 Å². The van der Waals surface area contributed by atoms with Gasteiger partial charge in [0, 0.05) is 13.1 Å². The molecule has 1 heterocycles. The number of rotatable bonds is 9. The Balaban J connectivity index is 1.90. The number of amides is 1. The molecule has 0 aliphatic heterocycles. The molecule has 3 aromatic carbocycles. The minimum absolute atomic E-state index is 0.166. The van der Waals surface area contributed by atoms with Crippen molar-refractivity contribution in [2.24, 2.45) is 11.7 Å². The fourth-order valence-electron chi connectivity index (χ4n) is 4.74. The van der Waals surface area contributed by atoms with Crippen molar-refractivity contribution >= 4 is 16.9 Å². The van der Waals surface area contributed by atoms with E-state index in [9.17, 15) is 18.0 Å². The van der Waals surface area contributed by atoms with Crippen LogP contribution in [0.2, 0.25) is 0 Å². The highest BCUT2D eigenvalue weighted by Crippen LogP contribution is 2.34. The number of benzene rings is 3. The van der Waals surface area contributed by atoms with Gasteiger partial charge in [-0.1, -0.05) is 38.1 Å². The van der Waals surface area contributed by atoms with Crippen LogP contribution in [0.4, 0.5) is 13.2 Å². The lowest BCUT2D eigenvalue weighted by Gasteiger charge is -2.35. The predicted molar refractivity (Wildman–Crippen MR) is 139 cm³/mol. The molecule has 2 N–H and O–H groups in total. The van der Waals surface area contributed by atoms with Gasteiger partial charge in [0.15, 0.2) is 0 Å². The molecule has 37 heavy (non-hydrogen) atoms. The van der Waals surface area contributed by atoms with E-state index in [0.29, 0.717) is 25.3 Å². The summed E-state index contributed by atoms with van der Waals surface area (Å²) in [5.74, 6) is -2.57. The number of fused-ring (bicyclic) bond motifs is 1. The number of aromatic nitrogens is 2. The molecule has 4 rings (SSSR count). The normalized spacial score (nSPS) is 12.3. The van der Waals surface area contributed by atoms with Crippen molar-refractivity contribution in [2.45, 2.75) is 39.8 Å². The first-order valence-electron chi connectivity index (χ1n) is 12.4. The summed E-state index contributed by atoms with van der Waals surface area (Å²) in [6.07, 6.45) is 0.439. The molecule has 0 fully saturated rings. The summed E-state index contributed by atoms with van der Waals surface area (Å²) in [6, 6.07) is 14.9. The molecule has 0 saturated carbocycles. The number of nitrogens with zero attached hydrogens (tertiary/aromatic N) is 3. The third-order valence-corrected chi connectivity index (χ3v) is 6.44. The van der Waals surface area contributed by atoms with Crippen molar-refractivity contribution in [1.29, 1.82) is 0 Å². The Hall–Kier alpha value is -3.65. The van der Waals surface area contributed by atoms with E-state index in [2.05, 4.69) is 0 Å². The highest BCUT2D eigenvalue weighted by atomic mass is 19.1. The molecule has 0 spiro atoms. The first-order valence-corrected chi connectivity index (χ1v) is 12.4. The molecule has 8 heteroatoms. The second-order valence-electron chi connectivity index (χ2n) is 9.60. The van der Waals surface area contributed by atoms with Crippen LogP contribution in [0.15, 0.2) is 60.7 Å². The average molecular weight is 509 g/mol. The molecule has 1 aromatic heterocycles. The molecule has 0 bridgehead atoms. The number of nitrogens with two attached hydrogens (primary N) is 1. The number of hydrogen-bond donors (Lipinski definition) is 1. The summed E-state index contributed by atoms with van der Waals surface area (Å²) in [6.45, 7) is 6.62. The Morgan fingerprint density at radius 2 is 1.73 bits per heavy atom. The summed E-state index contributed by atoms with van der Waals surface area (Å²) in [5, 5.41) is 0. The van der Waals surface area contributed by atoms with E-state index in [-0.39, 0.29) is 18.3 Å². The van der Waals surface area contributed by atoms with E-state index in [1.165, 1.54) is 23.1 Å². The van der Waals surface area contributed by atoms with Crippen LogP contribution in [0.25, 0.3) is 11.0 Å². The molecular formula is C29H31F3N4O. The third kappa shape index (κ3) is 5.54. The largest absolute Gasteiger partial charge is 0.330 e. The number of hydrogen-bond acceptors (Lipinski definition) is 3. The number of carbonyl (C=O) groups excluding carboxylic acids is 1. The van der Waals surface area contributed by atoms with Crippen LogP contribution in [-0.4, -0.2) is 33.4 Å². The Morgan fingerprint density at radius 3 is 2.38 bits per heavy atom. The number of carbonyl (C=O) groups is 1. The third-order valence-electron chi connectivity index (χ3n) is 6.44. The maximum Gasteiger partial charge on any atom is 0.260 e. The van der Waals surface area contributed by atoms with Crippen LogP contribution in [0.3, 0.4) is 0 Å². The van der Waals surface area contributed by atoms with Crippen molar-refractivity contribution in [2.75, 3.05) is 13.1 Å². The van der Waals surface area contributed by atoms with Gasteiger partial charge in [-0.15, -0.1) is 0 Å². The lowest BCUT2D eigenvalue weighted by molar-refractivity contribution is 0.0595. The van der Waals surface area contributed by atoms with Crippen LogP contribution in [0, 0.1) is 30.3 Å². The minimum atomic E-state index is -0.922. The van der Waals surface area contributed by atoms with E-state index in [0.717, 1.165) is 34.3 Å². The van der Waals surface area contributed by atoms with Crippen LogP contribution in [-0.2, 0) is 6.54 Å². The van der Waals surface area contributed by atoms with Crippen LogP contribution < -0.4 is 5.73 Å². The van der Waals surface area contributed by atoms with Crippen LogP contribution in [0.5, 0.6) is 0 Å². The van der Waals surface area contributed by atoms with E-state index < -0.39 is 29.1 Å². The topological polar surface area (TPSA) is 64.2 Å². The van der Waals surface area contributed by atoms with E-state index in [4.69, 9.17) is 10.7 Å². The Bertz CT molecular complexity index is 1400. The van der Waals surface area contributed by atoms with Gasteiger partial charge in [-0.05, 0) is 73.3 Å². The monoisotopic (exact) mass is 508 g/mol. The van der Waals surface area contributed by atoms with Gasteiger partial charge in [-0.25, -0.2) is 18.2 Å². The van der Waals surface area contributed by atoms with E-state index >= 15 is 0 Å². The molecule has 1 atom stereocenters.